The first-order valence-electron chi connectivity index (χ1n) is 7.64. The quantitative estimate of drug-likeness (QED) is 0.623. The standard InChI is InChI=1S/C16H15FN4O4S2/c1-18-27(23,24)12-3-4-14(17)13(5-12)16(22)25-8-11-9-26-15(20-11)10-6-19-21(2)7-10/h3-7,9,18H,8H2,1-2H3. The molecule has 0 aliphatic rings. The highest BCUT2D eigenvalue weighted by Crippen LogP contribution is 2.23. The van der Waals surface area contributed by atoms with Crippen molar-refractivity contribution in [3.8, 4) is 10.6 Å². The van der Waals surface area contributed by atoms with Crippen LogP contribution in [0.15, 0.2) is 40.9 Å². The van der Waals surface area contributed by atoms with Crippen LogP contribution in [0.5, 0.6) is 0 Å². The van der Waals surface area contributed by atoms with Crippen molar-refractivity contribution >= 4 is 27.3 Å². The molecule has 8 nitrogen and oxygen atoms in total. The average molecular weight is 410 g/mol. The number of carbonyl (C=O) groups excluding carboxylic acids is 1. The molecule has 11 heteroatoms. The van der Waals surface area contributed by atoms with E-state index < -0.39 is 27.4 Å². The third-order valence-electron chi connectivity index (χ3n) is 3.59. The Balaban J connectivity index is 1.73. The first kappa shape index (κ1) is 19.1. The SMILES string of the molecule is CNS(=O)(=O)c1ccc(F)c(C(=O)OCc2csc(-c3cnn(C)c3)n2)c1. The molecule has 2 aromatic heterocycles. The minimum atomic E-state index is -3.81. The second-order valence-corrected chi connectivity index (χ2v) is 8.22. The largest absolute Gasteiger partial charge is 0.455 e. The Morgan fingerprint density at radius 2 is 2.19 bits per heavy atom. The predicted octanol–water partition coefficient (Wildman–Crippen LogP) is 1.95. The van der Waals surface area contributed by atoms with Crippen LogP contribution in [0.25, 0.3) is 10.6 Å². The molecule has 0 atom stereocenters. The van der Waals surface area contributed by atoms with Crippen molar-refractivity contribution in [3.63, 3.8) is 0 Å². The molecular weight excluding hydrogens is 395 g/mol. The number of aromatic nitrogens is 3. The molecule has 0 aliphatic heterocycles. The highest BCUT2D eigenvalue weighted by atomic mass is 32.2. The molecule has 142 valence electrons. The fourth-order valence-electron chi connectivity index (χ4n) is 2.20. The summed E-state index contributed by atoms with van der Waals surface area (Å²) in [6, 6.07) is 2.91. The molecule has 0 unspecified atom stereocenters. The van der Waals surface area contributed by atoms with Crippen LogP contribution in [-0.2, 0) is 28.4 Å². The molecule has 2 heterocycles. The summed E-state index contributed by atoms with van der Waals surface area (Å²) < 4.78 is 46.4. The fraction of sp³-hybridized carbons (Fsp3) is 0.188. The zero-order valence-corrected chi connectivity index (χ0v) is 16.0. The highest BCUT2D eigenvalue weighted by molar-refractivity contribution is 7.89. The van der Waals surface area contributed by atoms with Crippen LogP contribution < -0.4 is 4.72 Å². The van der Waals surface area contributed by atoms with E-state index in [1.54, 1.807) is 29.5 Å². The molecule has 0 radical (unpaired) electrons. The minimum absolute atomic E-state index is 0.169. The third kappa shape index (κ3) is 4.21. The van der Waals surface area contributed by atoms with Gasteiger partial charge in [0.2, 0.25) is 10.0 Å². The van der Waals surface area contributed by atoms with Gasteiger partial charge in [-0.15, -0.1) is 11.3 Å². The van der Waals surface area contributed by atoms with Crippen LogP contribution in [0.4, 0.5) is 4.39 Å². The Hall–Kier alpha value is -2.63. The van der Waals surface area contributed by atoms with Gasteiger partial charge in [0.1, 0.15) is 17.4 Å². The zero-order valence-electron chi connectivity index (χ0n) is 14.3. The summed E-state index contributed by atoms with van der Waals surface area (Å²) in [5.41, 5.74) is 0.858. The van der Waals surface area contributed by atoms with Crippen LogP contribution in [0, 0.1) is 5.82 Å². The van der Waals surface area contributed by atoms with Crippen molar-refractivity contribution in [2.75, 3.05) is 7.05 Å². The van der Waals surface area contributed by atoms with E-state index in [1.165, 1.54) is 18.4 Å². The summed E-state index contributed by atoms with van der Waals surface area (Å²) in [6.45, 7) is -0.169. The van der Waals surface area contributed by atoms with Crippen molar-refractivity contribution in [2.24, 2.45) is 7.05 Å². The Bertz CT molecular complexity index is 1090. The number of nitrogens with zero attached hydrogens (tertiary/aromatic N) is 3. The van der Waals surface area contributed by atoms with Gasteiger partial charge in [-0.2, -0.15) is 5.10 Å². The van der Waals surface area contributed by atoms with Crippen LogP contribution in [0.1, 0.15) is 16.1 Å². The van der Waals surface area contributed by atoms with E-state index in [0.29, 0.717) is 10.7 Å². The summed E-state index contributed by atoms with van der Waals surface area (Å²) in [6.07, 6.45) is 3.47. The smallest absolute Gasteiger partial charge is 0.341 e. The van der Waals surface area contributed by atoms with Crippen molar-refractivity contribution < 1.29 is 22.3 Å². The molecule has 0 bridgehead atoms. The van der Waals surface area contributed by atoms with Gasteiger partial charge in [0.05, 0.1) is 22.3 Å². The molecule has 3 aromatic rings. The van der Waals surface area contributed by atoms with E-state index in [-0.39, 0.29) is 11.5 Å². The second-order valence-electron chi connectivity index (χ2n) is 5.47. The normalized spacial score (nSPS) is 11.5. The lowest BCUT2D eigenvalue weighted by Crippen LogP contribution is -2.19. The second kappa shape index (κ2) is 7.55. The number of esters is 1. The van der Waals surface area contributed by atoms with Gasteiger partial charge in [0.15, 0.2) is 0 Å². The van der Waals surface area contributed by atoms with E-state index in [2.05, 4.69) is 14.8 Å². The van der Waals surface area contributed by atoms with Crippen molar-refractivity contribution in [2.45, 2.75) is 11.5 Å². The van der Waals surface area contributed by atoms with Crippen LogP contribution in [0.2, 0.25) is 0 Å². The van der Waals surface area contributed by atoms with Gasteiger partial charge >= 0.3 is 5.97 Å². The van der Waals surface area contributed by atoms with E-state index >= 15 is 0 Å². The van der Waals surface area contributed by atoms with E-state index in [4.69, 9.17) is 4.74 Å². The molecule has 0 amide bonds. The predicted molar refractivity (Wildman–Crippen MR) is 96.1 cm³/mol. The lowest BCUT2D eigenvalue weighted by Gasteiger charge is -2.07. The maximum atomic E-state index is 13.9. The average Bonchev–Trinajstić information content (AvgIpc) is 3.28. The summed E-state index contributed by atoms with van der Waals surface area (Å²) >= 11 is 1.36. The third-order valence-corrected chi connectivity index (χ3v) is 5.94. The van der Waals surface area contributed by atoms with Crippen LogP contribution >= 0.6 is 11.3 Å². The molecule has 0 spiro atoms. The number of aryl methyl sites for hydroxylation is 1. The number of hydrogen-bond donors (Lipinski definition) is 1. The monoisotopic (exact) mass is 410 g/mol. The lowest BCUT2D eigenvalue weighted by molar-refractivity contribution is 0.0463. The minimum Gasteiger partial charge on any atom is -0.455 e. The maximum absolute atomic E-state index is 13.9. The van der Waals surface area contributed by atoms with Crippen molar-refractivity contribution in [1.82, 2.24) is 19.5 Å². The number of ether oxygens (including phenoxy) is 1. The van der Waals surface area contributed by atoms with Gasteiger partial charge in [0, 0.05) is 24.2 Å². The highest BCUT2D eigenvalue weighted by Gasteiger charge is 2.19. The number of rotatable bonds is 6. The summed E-state index contributed by atoms with van der Waals surface area (Å²) in [7, 11) is -0.797. The van der Waals surface area contributed by atoms with Gasteiger partial charge in [-0.25, -0.2) is 27.3 Å². The topological polar surface area (TPSA) is 103 Å². The number of nitrogens with one attached hydrogen (secondary N) is 1. The summed E-state index contributed by atoms with van der Waals surface area (Å²) in [4.78, 5) is 16.3. The number of sulfonamides is 1. The van der Waals surface area contributed by atoms with Gasteiger partial charge in [-0.1, -0.05) is 0 Å². The molecule has 27 heavy (non-hydrogen) atoms. The van der Waals surface area contributed by atoms with E-state index in [1.807, 2.05) is 0 Å². The Morgan fingerprint density at radius 1 is 1.41 bits per heavy atom. The fourth-order valence-corrected chi connectivity index (χ4v) is 3.74. The molecular formula is C16H15FN4O4S2. The molecule has 1 aromatic carbocycles. The zero-order chi connectivity index (χ0) is 19.6. The molecule has 0 saturated carbocycles. The molecule has 3 rings (SSSR count). The Morgan fingerprint density at radius 3 is 2.85 bits per heavy atom. The van der Waals surface area contributed by atoms with Gasteiger partial charge in [0.25, 0.3) is 0 Å². The number of halogens is 1. The van der Waals surface area contributed by atoms with Gasteiger partial charge in [-0.05, 0) is 25.2 Å². The summed E-state index contributed by atoms with van der Waals surface area (Å²) in [5.74, 6) is -1.85. The van der Waals surface area contributed by atoms with Gasteiger partial charge in [-0.3, -0.25) is 4.68 Å². The van der Waals surface area contributed by atoms with Crippen LogP contribution in [0.3, 0.4) is 0 Å². The van der Waals surface area contributed by atoms with Gasteiger partial charge < -0.3 is 4.74 Å². The Labute approximate surface area is 158 Å². The van der Waals surface area contributed by atoms with Crippen LogP contribution in [-0.4, -0.2) is 36.2 Å². The van der Waals surface area contributed by atoms with E-state index in [9.17, 15) is 17.6 Å². The number of carbonyl (C=O) groups is 1. The maximum Gasteiger partial charge on any atom is 0.341 e. The first-order valence-corrected chi connectivity index (χ1v) is 10.00. The lowest BCUT2D eigenvalue weighted by atomic mass is 10.2. The first-order chi connectivity index (χ1) is 12.8. The molecule has 0 aliphatic carbocycles. The number of benzene rings is 1. The summed E-state index contributed by atoms with van der Waals surface area (Å²) in [5, 5.41) is 6.49. The number of hydrogen-bond acceptors (Lipinski definition) is 7. The molecule has 0 fully saturated rings. The molecule has 1 N–H and O–H groups in total. The van der Waals surface area contributed by atoms with Crippen molar-refractivity contribution in [3.05, 3.63) is 53.0 Å². The number of thiazole rings is 1. The van der Waals surface area contributed by atoms with E-state index in [0.717, 1.165) is 23.8 Å². The molecule has 0 saturated heterocycles. The Kier molecular flexibility index (Phi) is 5.35. The van der Waals surface area contributed by atoms with Crippen molar-refractivity contribution in [1.29, 1.82) is 0 Å².